The number of hydrogen-bond donors (Lipinski definition) is 0. The van der Waals surface area contributed by atoms with Crippen LogP contribution in [0, 0.1) is 6.92 Å². The largest absolute Gasteiger partial charge is 0.337 e. The summed E-state index contributed by atoms with van der Waals surface area (Å²) in [5, 5.41) is 4.01. The van der Waals surface area contributed by atoms with Gasteiger partial charge < -0.3 is 9.42 Å². The monoisotopic (exact) mass is 358 g/mol. The van der Waals surface area contributed by atoms with Crippen LogP contribution in [0.2, 0.25) is 0 Å². The van der Waals surface area contributed by atoms with E-state index in [-0.39, 0.29) is 11.9 Å². The second-order valence-corrected chi connectivity index (χ2v) is 7.66. The molecular weight excluding hydrogens is 344 g/mol. The zero-order chi connectivity index (χ0) is 16.5. The van der Waals surface area contributed by atoms with Gasteiger partial charge in [0.15, 0.2) is 0 Å². The lowest BCUT2D eigenvalue weighted by Crippen LogP contribution is -2.30. The van der Waals surface area contributed by atoms with Crippen molar-refractivity contribution in [1.82, 2.24) is 20.0 Å². The number of carbonyl (C=O) groups excluding carboxylic acids is 1. The zero-order valence-electron chi connectivity index (χ0n) is 12.9. The highest BCUT2D eigenvalue weighted by Crippen LogP contribution is 2.35. The highest BCUT2D eigenvalue weighted by molar-refractivity contribution is 7.99. The van der Waals surface area contributed by atoms with Crippen molar-refractivity contribution >= 4 is 29.0 Å². The van der Waals surface area contributed by atoms with Gasteiger partial charge in [0.05, 0.1) is 10.8 Å². The maximum Gasteiger partial charge on any atom is 0.265 e. The van der Waals surface area contributed by atoms with Gasteiger partial charge in [-0.25, -0.2) is 0 Å². The van der Waals surface area contributed by atoms with Crippen LogP contribution in [0.15, 0.2) is 41.1 Å². The molecule has 4 heterocycles. The van der Waals surface area contributed by atoms with Gasteiger partial charge in [-0.2, -0.15) is 4.98 Å². The smallest absolute Gasteiger partial charge is 0.265 e. The van der Waals surface area contributed by atoms with E-state index in [2.05, 4.69) is 15.1 Å². The van der Waals surface area contributed by atoms with E-state index in [9.17, 15) is 4.79 Å². The van der Waals surface area contributed by atoms with Gasteiger partial charge in [0.1, 0.15) is 11.7 Å². The predicted octanol–water partition coefficient (Wildman–Crippen LogP) is 3.39. The summed E-state index contributed by atoms with van der Waals surface area (Å²) in [6.07, 6.45) is 1.69. The lowest BCUT2D eigenvalue weighted by Gasteiger charge is -2.19. The molecule has 1 aliphatic rings. The summed E-state index contributed by atoms with van der Waals surface area (Å²) in [6, 6.07) is 9.17. The van der Waals surface area contributed by atoms with E-state index in [1.165, 1.54) is 11.3 Å². The van der Waals surface area contributed by atoms with Crippen LogP contribution >= 0.6 is 23.1 Å². The summed E-state index contributed by atoms with van der Waals surface area (Å²) in [5.74, 6) is 2.30. The Hall–Kier alpha value is -2.19. The van der Waals surface area contributed by atoms with Gasteiger partial charge in [-0.3, -0.25) is 9.78 Å². The van der Waals surface area contributed by atoms with Gasteiger partial charge >= 0.3 is 0 Å². The van der Waals surface area contributed by atoms with E-state index < -0.39 is 0 Å². The van der Waals surface area contributed by atoms with Crippen LogP contribution < -0.4 is 0 Å². The molecule has 1 amide bonds. The van der Waals surface area contributed by atoms with Crippen LogP contribution in [-0.4, -0.2) is 37.6 Å². The predicted molar refractivity (Wildman–Crippen MR) is 92.8 cm³/mol. The molecule has 8 heteroatoms. The van der Waals surface area contributed by atoms with Crippen molar-refractivity contribution in [3.63, 3.8) is 0 Å². The van der Waals surface area contributed by atoms with Gasteiger partial charge in [-0.05, 0) is 31.2 Å². The average Bonchev–Trinajstić information content (AvgIpc) is 3.34. The molecule has 3 aromatic heterocycles. The second kappa shape index (κ2) is 6.37. The summed E-state index contributed by atoms with van der Waals surface area (Å²) in [6.45, 7) is 1.99. The van der Waals surface area contributed by atoms with Crippen molar-refractivity contribution < 1.29 is 9.32 Å². The number of thiophene rings is 1. The fourth-order valence-electron chi connectivity index (χ4n) is 2.51. The van der Waals surface area contributed by atoms with Crippen LogP contribution in [0.1, 0.15) is 26.5 Å². The number of aromatic nitrogens is 3. The first kappa shape index (κ1) is 15.3. The molecule has 0 aliphatic carbocycles. The van der Waals surface area contributed by atoms with E-state index >= 15 is 0 Å². The molecule has 6 nitrogen and oxygen atoms in total. The van der Waals surface area contributed by atoms with Crippen molar-refractivity contribution in [2.24, 2.45) is 0 Å². The molecule has 122 valence electrons. The lowest BCUT2D eigenvalue weighted by molar-refractivity contribution is 0.0727. The lowest BCUT2D eigenvalue weighted by atomic mass is 10.2. The number of carbonyl (C=O) groups is 1. The van der Waals surface area contributed by atoms with Gasteiger partial charge in [0.25, 0.3) is 11.8 Å². The molecule has 0 bridgehead atoms. The van der Waals surface area contributed by atoms with Crippen molar-refractivity contribution in [3.8, 4) is 11.5 Å². The van der Waals surface area contributed by atoms with Crippen molar-refractivity contribution in [3.05, 3.63) is 52.2 Å². The number of rotatable bonds is 3. The first-order valence-electron chi connectivity index (χ1n) is 7.42. The van der Waals surface area contributed by atoms with Crippen molar-refractivity contribution in [2.75, 3.05) is 11.6 Å². The van der Waals surface area contributed by atoms with E-state index in [1.54, 1.807) is 22.9 Å². The Bertz CT molecular complexity index is 862. The van der Waals surface area contributed by atoms with Gasteiger partial charge in [0.2, 0.25) is 5.82 Å². The summed E-state index contributed by atoms with van der Waals surface area (Å²) in [7, 11) is 0. The Morgan fingerprint density at radius 2 is 2.25 bits per heavy atom. The first-order valence-corrected chi connectivity index (χ1v) is 9.39. The van der Waals surface area contributed by atoms with E-state index in [0.29, 0.717) is 23.3 Å². The summed E-state index contributed by atoms with van der Waals surface area (Å²) >= 11 is 3.19. The number of aryl methyl sites for hydroxylation is 1. The standard InChI is InChI=1S/C16H14N4O2S2/c1-10-5-6-13(24-10)16(21)20-9-23-8-12(20)15-18-14(19-22-15)11-4-2-3-7-17-11/h2-7,12H,8-9H2,1H3. The molecule has 1 aliphatic heterocycles. The maximum absolute atomic E-state index is 12.7. The minimum Gasteiger partial charge on any atom is -0.337 e. The maximum atomic E-state index is 12.7. The van der Waals surface area contributed by atoms with Crippen molar-refractivity contribution in [2.45, 2.75) is 13.0 Å². The Morgan fingerprint density at radius 1 is 1.33 bits per heavy atom. The molecule has 24 heavy (non-hydrogen) atoms. The Morgan fingerprint density at radius 3 is 3.00 bits per heavy atom. The Balaban J connectivity index is 1.59. The fraction of sp³-hybridized carbons (Fsp3) is 0.250. The highest BCUT2D eigenvalue weighted by Gasteiger charge is 2.35. The van der Waals surface area contributed by atoms with Gasteiger partial charge in [-0.15, -0.1) is 23.1 Å². The second-order valence-electron chi connectivity index (χ2n) is 5.37. The molecular formula is C16H14N4O2S2. The van der Waals surface area contributed by atoms with Crippen molar-refractivity contribution in [1.29, 1.82) is 0 Å². The quantitative estimate of drug-likeness (QED) is 0.715. The van der Waals surface area contributed by atoms with Crippen LogP contribution in [0.3, 0.4) is 0 Å². The normalized spacial score (nSPS) is 17.4. The molecule has 1 saturated heterocycles. The molecule has 0 spiro atoms. The van der Waals surface area contributed by atoms with Crippen LogP contribution in [0.5, 0.6) is 0 Å². The fourth-order valence-corrected chi connectivity index (χ4v) is 4.48. The topological polar surface area (TPSA) is 72.1 Å². The van der Waals surface area contributed by atoms with E-state index in [0.717, 1.165) is 15.5 Å². The summed E-state index contributed by atoms with van der Waals surface area (Å²) in [4.78, 5) is 25.1. The van der Waals surface area contributed by atoms with Gasteiger partial charge in [0, 0.05) is 16.8 Å². The highest BCUT2D eigenvalue weighted by atomic mass is 32.2. The number of thioether (sulfide) groups is 1. The summed E-state index contributed by atoms with van der Waals surface area (Å²) in [5.41, 5.74) is 0.657. The number of amides is 1. The number of hydrogen-bond acceptors (Lipinski definition) is 7. The molecule has 0 N–H and O–H groups in total. The third-order valence-electron chi connectivity index (χ3n) is 3.72. The molecule has 1 atom stereocenters. The number of pyridine rings is 1. The number of nitrogens with zero attached hydrogens (tertiary/aromatic N) is 4. The molecule has 1 fully saturated rings. The SMILES string of the molecule is Cc1ccc(C(=O)N2CSCC2c2nc(-c3ccccn3)no2)s1. The minimum atomic E-state index is -0.199. The zero-order valence-corrected chi connectivity index (χ0v) is 14.5. The molecule has 0 saturated carbocycles. The van der Waals surface area contributed by atoms with E-state index in [4.69, 9.17) is 4.52 Å². The van der Waals surface area contributed by atoms with E-state index in [1.807, 2.05) is 37.3 Å². The third kappa shape index (κ3) is 2.83. The van der Waals surface area contributed by atoms with Crippen LogP contribution in [0.25, 0.3) is 11.5 Å². The summed E-state index contributed by atoms with van der Waals surface area (Å²) < 4.78 is 5.42. The Kier molecular flexibility index (Phi) is 4.07. The Labute approximate surface area is 146 Å². The van der Waals surface area contributed by atoms with Crippen LogP contribution in [0.4, 0.5) is 0 Å². The molecule has 0 aromatic carbocycles. The molecule has 3 aromatic rings. The first-order chi connectivity index (χ1) is 11.7. The third-order valence-corrected chi connectivity index (χ3v) is 5.72. The van der Waals surface area contributed by atoms with Crippen LogP contribution in [-0.2, 0) is 0 Å². The molecule has 0 radical (unpaired) electrons. The minimum absolute atomic E-state index is 0.0145. The van der Waals surface area contributed by atoms with Gasteiger partial charge in [-0.1, -0.05) is 11.2 Å². The average molecular weight is 358 g/mol. The molecule has 1 unspecified atom stereocenters. The molecule has 4 rings (SSSR count).